The van der Waals surface area contributed by atoms with Gasteiger partial charge in [0, 0.05) is 12.1 Å². The van der Waals surface area contributed by atoms with Gasteiger partial charge in [-0.25, -0.2) is 0 Å². The van der Waals surface area contributed by atoms with Gasteiger partial charge in [0.2, 0.25) is 0 Å². The van der Waals surface area contributed by atoms with E-state index in [0.717, 1.165) is 11.3 Å². The molecule has 0 fully saturated rings. The first-order chi connectivity index (χ1) is 5.92. The van der Waals surface area contributed by atoms with E-state index >= 15 is 0 Å². The Labute approximate surface area is 70.7 Å². The van der Waals surface area contributed by atoms with E-state index in [1.165, 1.54) is 0 Å². The molecule has 1 aliphatic rings. The zero-order valence-electron chi connectivity index (χ0n) is 6.57. The normalized spacial score (nSPS) is 19.9. The van der Waals surface area contributed by atoms with Crippen molar-refractivity contribution in [1.82, 2.24) is 0 Å². The zero-order valence-corrected chi connectivity index (χ0v) is 6.57. The first kappa shape index (κ1) is 7.31. The number of aliphatic hydroxyl groups is 1. The number of fused-ring (bicyclic) bond motifs is 1. The van der Waals surface area contributed by atoms with Crippen molar-refractivity contribution in [2.45, 2.75) is 5.92 Å². The molecule has 0 bridgehead atoms. The van der Waals surface area contributed by atoms with Crippen molar-refractivity contribution in [3.05, 3.63) is 29.8 Å². The van der Waals surface area contributed by atoms with Crippen LogP contribution in [0.1, 0.15) is 11.5 Å². The molecule has 0 saturated carbocycles. The quantitative estimate of drug-likeness (QED) is 0.651. The summed E-state index contributed by atoms with van der Waals surface area (Å²) in [5.74, 6) is 0.0439. The van der Waals surface area contributed by atoms with Gasteiger partial charge in [0.25, 0.3) is 0 Å². The fourth-order valence-electron chi connectivity index (χ4n) is 1.34. The highest BCUT2D eigenvalue weighted by Crippen LogP contribution is 2.25. The number of nitrogens with zero attached hydrogens (tertiary/aromatic N) is 1. The number of hydrazone groups is 1. The Morgan fingerprint density at radius 1 is 1.42 bits per heavy atom. The number of benzene rings is 1. The molecular weight excluding hydrogens is 152 g/mol. The first-order valence-electron chi connectivity index (χ1n) is 3.91. The molecule has 1 unspecified atom stereocenters. The maximum Gasteiger partial charge on any atom is 0.0601 e. The summed E-state index contributed by atoms with van der Waals surface area (Å²) in [6.45, 7) is 0.113. The van der Waals surface area contributed by atoms with E-state index in [1.54, 1.807) is 6.21 Å². The lowest BCUT2D eigenvalue weighted by atomic mass is 9.98. The van der Waals surface area contributed by atoms with Crippen LogP contribution >= 0.6 is 0 Å². The highest BCUT2D eigenvalue weighted by atomic mass is 16.3. The molecule has 0 radical (unpaired) electrons. The van der Waals surface area contributed by atoms with Crippen LogP contribution < -0.4 is 5.43 Å². The Morgan fingerprint density at radius 2 is 2.25 bits per heavy atom. The molecule has 1 aromatic carbocycles. The van der Waals surface area contributed by atoms with Gasteiger partial charge in [-0.05, 0) is 11.6 Å². The van der Waals surface area contributed by atoms with E-state index in [2.05, 4.69) is 10.5 Å². The van der Waals surface area contributed by atoms with E-state index in [1.807, 2.05) is 24.3 Å². The lowest BCUT2D eigenvalue weighted by molar-refractivity contribution is 0.291. The zero-order chi connectivity index (χ0) is 8.39. The third-order valence-electron chi connectivity index (χ3n) is 2.00. The van der Waals surface area contributed by atoms with Crippen LogP contribution in [0.4, 0.5) is 5.69 Å². The second-order valence-corrected chi connectivity index (χ2v) is 2.77. The highest BCUT2D eigenvalue weighted by Gasteiger charge is 2.14. The molecule has 0 saturated heterocycles. The smallest absolute Gasteiger partial charge is 0.0601 e. The minimum absolute atomic E-state index is 0.0439. The van der Waals surface area contributed by atoms with Crippen LogP contribution in [0.2, 0.25) is 0 Å². The molecule has 2 N–H and O–H groups in total. The molecule has 0 amide bonds. The third kappa shape index (κ3) is 1.08. The molecular formula is C9H10N2O. The molecule has 0 spiro atoms. The number of para-hydroxylation sites is 1. The minimum atomic E-state index is 0.0439. The van der Waals surface area contributed by atoms with E-state index in [-0.39, 0.29) is 12.5 Å². The Bertz CT molecular complexity index is 309. The topological polar surface area (TPSA) is 44.6 Å². The minimum Gasteiger partial charge on any atom is -0.395 e. The molecule has 1 aliphatic heterocycles. The molecule has 1 atom stereocenters. The maximum absolute atomic E-state index is 9.02. The Kier molecular flexibility index (Phi) is 1.80. The predicted octanol–water partition coefficient (Wildman–Crippen LogP) is 1.17. The Morgan fingerprint density at radius 3 is 3.08 bits per heavy atom. The van der Waals surface area contributed by atoms with Crippen LogP contribution in [0.5, 0.6) is 0 Å². The molecule has 1 aromatic rings. The molecule has 1 heterocycles. The van der Waals surface area contributed by atoms with Crippen molar-refractivity contribution >= 4 is 11.9 Å². The molecule has 62 valence electrons. The number of aliphatic hydroxyl groups excluding tert-OH is 1. The van der Waals surface area contributed by atoms with Crippen LogP contribution in [0.3, 0.4) is 0 Å². The van der Waals surface area contributed by atoms with Gasteiger partial charge in [0.05, 0.1) is 12.3 Å². The van der Waals surface area contributed by atoms with Crippen molar-refractivity contribution in [1.29, 1.82) is 0 Å². The van der Waals surface area contributed by atoms with Crippen molar-refractivity contribution in [2.24, 2.45) is 5.10 Å². The first-order valence-corrected chi connectivity index (χ1v) is 3.91. The van der Waals surface area contributed by atoms with Gasteiger partial charge in [-0.1, -0.05) is 18.2 Å². The van der Waals surface area contributed by atoms with Crippen molar-refractivity contribution < 1.29 is 5.11 Å². The van der Waals surface area contributed by atoms with E-state index in [0.29, 0.717) is 0 Å². The van der Waals surface area contributed by atoms with Gasteiger partial charge in [-0.15, -0.1) is 0 Å². The second kappa shape index (κ2) is 2.95. The highest BCUT2D eigenvalue weighted by molar-refractivity contribution is 5.76. The van der Waals surface area contributed by atoms with Gasteiger partial charge in [0.15, 0.2) is 0 Å². The summed E-state index contributed by atoms with van der Waals surface area (Å²) in [7, 11) is 0. The fourth-order valence-corrected chi connectivity index (χ4v) is 1.34. The Balaban J connectivity index is 2.43. The molecule has 0 aliphatic carbocycles. The van der Waals surface area contributed by atoms with Gasteiger partial charge in [-0.2, -0.15) is 5.10 Å². The number of nitrogens with one attached hydrogen (secondary N) is 1. The lowest BCUT2D eigenvalue weighted by Gasteiger charge is -2.18. The van der Waals surface area contributed by atoms with Crippen LogP contribution in [-0.4, -0.2) is 17.9 Å². The monoisotopic (exact) mass is 162 g/mol. The van der Waals surface area contributed by atoms with Gasteiger partial charge < -0.3 is 5.11 Å². The predicted molar refractivity (Wildman–Crippen MR) is 48.4 cm³/mol. The van der Waals surface area contributed by atoms with E-state index < -0.39 is 0 Å². The standard InChI is InChI=1S/C9H10N2O/c12-6-7-5-10-11-9-4-2-1-3-8(7)9/h1-5,7,11-12H,6H2. The summed E-state index contributed by atoms with van der Waals surface area (Å²) < 4.78 is 0. The van der Waals surface area contributed by atoms with Crippen LogP contribution in [0.15, 0.2) is 29.4 Å². The SMILES string of the molecule is OCC1C=NNc2ccccc21. The molecule has 0 aromatic heterocycles. The Hall–Kier alpha value is -1.35. The van der Waals surface area contributed by atoms with Crippen molar-refractivity contribution in [2.75, 3.05) is 12.0 Å². The molecule has 12 heavy (non-hydrogen) atoms. The largest absolute Gasteiger partial charge is 0.395 e. The number of hydrogen-bond acceptors (Lipinski definition) is 3. The number of hydrogen-bond donors (Lipinski definition) is 2. The van der Waals surface area contributed by atoms with Crippen LogP contribution in [-0.2, 0) is 0 Å². The second-order valence-electron chi connectivity index (χ2n) is 2.77. The van der Waals surface area contributed by atoms with Crippen molar-refractivity contribution in [3.8, 4) is 0 Å². The van der Waals surface area contributed by atoms with Gasteiger partial charge in [0.1, 0.15) is 0 Å². The maximum atomic E-state index is 9.02. The summed E-state index contributed by atoms with van der Waals surface area (Å²) in [4.78, 5) is 0. The number of rotatable bonds is 1. The molecule has 3 heteroatoms. The number of anilines is 1. The summed E-state index contributed by atoms with van der Waals surface area (Å²) >= 11 is 0. The molecule has 2 rings (SSSR count). The summed E-state index contributed by atoms with van der Waals surface area (Å²) in [6.07, 6.45) is 1.72. The summed E-state index contributed by atoms with van der Waals surface area (Å²) in [6, 6.07) is 7.85. The van der Waals surface area contributed by atoms with E-state index in [4.69, 9.17) is 5.11 Å². The van der Waals surface area contributed by atoms with Crippen LogP contribution in [0, 0.1) is 0 Å². The fraction of sp³-hybridized carbons (Fsp3) is 0.222. The molecule has 3 nitrogen and oxygen atoms in total. The van der Waals surface area contributed by atoms with Crippen molar-refractivity contribution in [3.63, 3.8) is 0 Å². The van der Waals surface area contributed by atoms with E-state index in [9.17, 15) is 0 Å². The lowest BCUT2D eigenvalue weighted by Crippen LogP contribution is -2.13. The average Bonchev–Trinajstić information content (AvgIpc) is 2.17. The van der Waals surface area contributed by atoms with Crippen LogP contribution in [0.25, 0.3) is 0 Å². The average molecular weight is 162 g/mol. The third-order valence-corrected chi connectivity index (χ3v) is 2.00. The summed E-state index contributed by atoms with van der Waals surface area (Å²) in [5, 5.41) is 13.0. The van der Waals surface area contributed by atoms with Gasteiger partial charge >= 0.3 is 0 Å². The summed E-state index contributed by atoms with van der Waals surface area (Å²) in [5.41, 5.74) is 4.98. The van der Waals surface area contributed by atoms with Gasteiger partial charge in [-0.3, -0.25) is 5.43 Å².